The van der Waals surface area contributed by atoms with Gasteiger partial charge in [0.1, 0.15) is 12.4 Å². The van der Waals surface area contributed by atoms with Gasteiger partial charge in [-0.05, 0) is 31.0 Å². The molecule has 0 radical (unpaired) electrons. The van der Waals surface area contributed by atoms with Gasteiger partial charge < -0.3 is 10.1 Å². The van der Waals surface area contributed by atoms with E-state index in [2.05, 4.69) is 5.32 Å². The number of carbonyl (C=O) groups excluding carboxylic acids is 1. The normalized spacial score (nSPS) is 14.3. The van der Waals surface area contributed by atoms with Crippen LogP contribution in [-0.4, -0.2) is 5.91 Å². The fraction of sp³-hybridized carbons (Fsp3) is 0.278. The number of ether oxygens (including phenoxy) is 1. The first-order chi connectivity index (χ1) is 11.4. The summed E-state index contributed by atoms with van der Waals surface area (Å²) >= 11 is 0. The summed E-state index contributed by atoms with van der Waals surface area (Å²) in [7, 11) is 0. The molecular formula is C18H16F3NO2. The van der Waals surface area contributed by atoms with Gasteiger partial charge >= 0.3 is 6.18 Å². The minimum Gasteiger partial charge on any atom is -0.489 e. The van der Waals surface area contributed by atoms with Crippen molar-refractivity contribution in [3.05, 3.63) is 59.7 Å². The molecule has 24 heavy (non-hydrogen) atoms. The van der Waals surface area contributed by atoms with Gasteiger partial charge in [0.25, 0.3) is 0 Å². The molecule has 6 heteroatoms. The number of amides is 1. The molecule has 0 atom stereocenters. The van der Waals surface area contributed by atoms with Crippen molar-refractivity contribution in [2.45, 2.75) is 25.6 Å². The molecule has 1 aliphatic carbocycles. The lowest BCUT2D eigenvalue weighted by Crippen LogP contribution is -2.13. The van der Waals surface area contributed by atoms with Gasteiger partial charge in [0.05, 0.1) is 5.56 Å². The Morgan fingerprint density at radius 3 is 2.58 bits per heavy atom. The Kier molecular flexibility index (Phi) is 4.46. The number of halogens is 3. The first kappa shape index (κ1) is 16.4. The van der Waals surface area contributed by atoms with Gasteiger partial charge in [0, 0.05) is 23.2 Å². The standard InChI is InChI=1S/C18H16F3NO2/c19-18(20,21)16-7-2-1-4-13(16)11-24-15-6-3-5-14(10-15)22-17(23)12-8-9-12/h1-7,10,12H,8-9,11H2,(H,22,23). The highest BCUT2D eigenvalue weighted by Crippen LogP contribution is 2.33. The van der Waals surface area contributed by atoms with Crippen LogP contribution in [0, 0.1) is 5.92 Å². The monoisotopic (exact) mass is 335 g/mol. The van der Waals surface area contributed by atoms with E-state index >= 15 is 0 Å². The smallest absolute Gasteiger partial charge is 0.416 e. The zero-order chi connectivity index (χ0) is 17.2. The molecule has 2 aromatic rings. The van der Waals surface area contributed by atoms with Gasteiger partial charge in [-0.25, -0.2) is 0 Å². The Morgan fingerprint density at radius 1 is 1.12 bits per heavy atom. The maximum atomic E-state index is 13.0. The first-order valence-electron chi connectivity index (χ1n) is 7.62. The number of hydrogen-bond donors (Lipinski definition) is 1. The molecule has 126 valence electrons. The van der Waals surface area contributed by atoms with Crippen molar-refractivity contribution in [2.24, 2.45) is 5.92 Å². The largest absolute Gasteiger partial charge is 0.489 e. The van der Waals surface area contributed by atoms with E-state index in [9.17, 15) is 18.0 Å². The summed E-state index contributed by atoms with van der Waals surface area (Å²) in [5.41, 5.74) is -0.0610. The van der Waals surface area contributed by atoms with Crippen LogP contribution >= 0.6 is 0 Å². The Morgan fingerprint density at radius 2 is 1.88 bits per heavy atom. The number of benzene rings is 2. The molecule has 1 amide bonds. The van der Waals surface area contributed by atoms with E-state index < -0.39 is 11.7 Å². The third-order valence-corrected chi connectivity index (χ3v) is 3.77. The Bertz CT molecular complexity index is 739. The predicted octanol–water partition coefficient (Wildman–Crippen LogP) is 4.63. The van der Waals surface area contributed by atoms with Crippen molar-refractivity contribution in [1.82, 2.24) is 0 Å². The average Bonchev–Trinajstić information content (AvgIpc) is 3.38. The molecule has 0 bridgehead atoms. The Hall–Kier alpha value is -2.50. The zero-order valence-corrected chi connectivity index (χ0v) is 12.8. The summed E-state index contributed by atoms with van der Waals surface area (Å²) in [6, 6.07) is 12.0. The van der Waals surface area contributed by atoms with Gasteiger partial charge in [-0.15, -0.1) is 0 Å². The van der Waals surface area contributed by atoms with Crippen LogP contribution in [0.4, 0.5) is 18.9 Å². The van der Waals surface area contributed by atoms with Gasteiger partial charge in [-0.3, -0.25) is 4.79 Å². The van der Waals surface area contributed by atoms with E-state index in [1.807, 2.05) is 0 Å². The van der Waals surface area contributed by atoms with Crippen LogP contribution in [0.15, 0.2) is 48.5 Å². The lowest BCUT2D eigenvalue weighted by Gasteiger charge is -2.14. The third-order valence-electron chi connectivity index (χ3n) is 3.77. The number of rotatable bonds is 5. The van der Waals surface area contributed by atoms with E-state index in [0.717, 1.165) is 18.9 Å². The number of hydrogen-bond acceptors (Lipinski definition) is 2. The van der Waals surface area contributed by atoms with Crippen molar-refractivity contribution < 1.29 is 22.7 Å². The second-order valence-corrected chi connectivity index (χ2v) is 5.73. The second kappa shape index (κ2) is 6.55. The maximum absolute atomic E-state index is 13.0. The van der Waals surface area contributed by atoms with Crippen LogP contribution in [0.5, 0.6) is 5.75 Å². The van der Waals surface area contributed by atoms with E-state index in [0.29, 0.717) is 11.4 Å². The van der Waals surface area contributed by atoms with Crippen LogP contribution in [0.25, 0.3) is 0 Å². The molecule has 3 nitrogen and oxygen atoms in total. The molecule has 1 aliphatic rings. The molecular weight excluding hydrogens is 319 g/mol. The van der Waals surface area contributed by atoms with Crippen LogP contribution in [-0.2, 0) is 17.6 Å². The van der Waals surface area contributed by atoms with Crippen molar-refractivity contribution in [3.63, 3.8) is 0 Å². The number of alkyl halides is 3. The average molecular weight is 335 g/mol. The van der Waals surface area contributed by atoms with E-state index in [-0.39, 0.29) is 24.0 Å². The van der Waals surface area contributed by atoms with E-state index in [1.165, 1.54) is 12.1 Å². The zero-order valence-electron chi connectivity index (χ0n) is 12.8. The fourth-order valence-electron chi connectivity index (χ4n) is 2.34. The number of anilines is 1. The quantitative estimate of drug-likeness (QED) is 0.865. The predicted molar refractivity (Wildman–Crippen MR) is 83.6 cm³/mol. The van der Waals surface area contributed by atoms with Crippen molar-refractivity contribution in [2.75, 3.05) is 5.32 Å². The summed E-state index contributed by atoms with van der Waals surface area (Å²) in [5, 5.41) is 2.78. The van der Waals surface area contributed by atoms with E-state index in [1.54, 1.807) is 30.3 Å². The van der Waals surface area contributed by atoms with Crippen molar-refractivity contribution in [1.29, 1.82) is 0 Å². The maximum Gasteiger partial charge on any atom is 0.416 e. The van der Waals surface area contributed by atoms with Crippen LogP contribution in [0.2, 0.25) is 0 Å². The van der Waals surface area contributed by atoms with Gasteiger partial charge in [-0.2, -0.15) is 13.2 Å². The molecule has 1 saturated carbocycles. The molecule has 0 spiro atoms. The summed E-state index contributed by atoms with van der Waals surface area (Å²) in [5.74, 6) is 0.448. The van der Waals surface area contributed by atoms with Crippen LogP contribution in [0.3, 0.4) is 0 Å². The van der Waals surface area contributed by atoms with Crippen LogP contribution < -0.4 is 10.1 Å². The molecule has 2 aromatic carbocycles. The fourth-order valence-corrected chi connectivity index (χ4v) is 2.34. The molecule has 0 heterocycles. The van der Waals surface area contributed by atoms with Crippen molar-refractivity contribution >= 4 is 11.6 Å². The van der Waals surface area contributed by atoms with Crippen LogP contribution in [0.1, 0.15) is 24.0 Å². The lowest BCUT2D eigenvalue weighted by atomic mass is 10.1. The number of carbonyl (C=O) groups is 1. The Balaban J connectivity index is 1.68. The summed E-state index contributed by atoms with van der Waals surface area (Å²) in [6.45, 7) is -0.199. The molecule has 0 unspecified atom stereocenters. The summed E-state index contributed by atoms with van der Waals surface area (Å²) < 4.78 is 44.4. The second-order valence-electron chi connectivity index (χ2n) is 5.73. The highest BCUT2D eigenvalue weighted by atomic mass is 19.4. The van der Waals surface area contributed by atoms with Gasteiger partial charge in [0.15, 0.2) is 0 Å². The molecule has 1 N–H and O–H groups in total. The van der Waals surface area contributed by atoms with Gasteiger partial charge in [-0.1, -0.05) is 24.3 Å². The highest BCUT2D eigenvalue weighted by molar-refractivity contribution is 5.94. The summed E-state index contributed by atoms with van der Waals surface area (Å²) in [6.07, 6.45) is -2.62. The SMILES string of the molecule is O=C(Nc1cccc(OCc2ccccc2C(F)(F)F)c1)C1CC1. The van der Waals surface area contributed by atoms with E-state index in [4.69, 9.17) is 4.74 Å². The minimum atomic E-state index is -4.42. The highest BCUT2D eigenvalue weighted by Gasteiger charge is 2.33. The first-order valence-corrected chi connectivity index (χ1v) is 7.62. The Labute approximate surface area is 137 Å². The molecule has 0 aliphatic heterocycles. The topological polar surface area (TPSA) is 38.3 Å². The number of nitrogens with one attached hydrogen (secondary N) is 1. The minimum absolute atomic E-state index is 0.0328. The molecule has 1 fully saturated rings. The summed E-state index contributed by atoms with van der Waals surface area (Å²) in [4.78, 5) is 11.7. The molecule has 0 saturated heterocycles. The third kappa shape index (κ3) is 4.07. The molecule has 0 aromatic heterocycles. The van der Waals surface area contributed by atoms with Crippen molar-refractivity contribution in [3.8, 4) is 5.75 Å². The lowest BCUT2D eigenvalue weighted by molar-refractivity contribution is -0.138. The van der Waals surface area contributed by atoms with Gasteiger partial charge in [0.2, 0.25) is 5.91 Å². The molecule has 3 rings (SSSR count).